The monoisotopic (exact) mass is 143 g/mol. The van der Waals surface area contributed by atoms with E-state index in [4.69, 9.17) is 10.5 Å². The Morgan fingerprint density at radius 2 is 2.00 bits per heavy atom. The van der Waals surface area contributed by atoms with Crippen molar-refractivity contribution in [3.05, 3.63) is 12.2 Å². The lowest BCUT2D eigenvalue weighted by molar-refractivity contribution is -0.133. The van der Waals surface area contributed by atoms with Gasteiger partial charge < -0.3 is 9.84 Å². The highest BCUT2D eigenvalue weighted by Crippen LogP contribution is 1.77. The van der Waals surface area contributed by atoms with Gasteiger partial charge in [-0.25, -0.2) is 9.59 Å². The van der Waals surface area contributed by atoms with Crippen LogP contribution in [-0.2, 0) is 14.3 Å². The van der Waals surface area contributed by atoms with Crippen molar-refractivity contribution in [2.75, 3.05) is 0 Å². The quantitative estimate of drug-likeness (QED) is 0.247. The van der Waals surface area contributed by atoms with Gasteiger partial charge in [0.2, 0.25) is 0 Å². The van der Waals surface area contributed by atoms with Gasteiger partial charge in [-0.2, -0.15) is 0 Å². The molecule has 54 valence electrons. The molecule has 0 radical (unpaired) electrons. The van der Waals surface area contributed by atoms with Gasteiger partial charge in [0.05, 0.1) is 0 Å². The van der Waals surface area contributed by atoms with Gasteiger partial charge in [0.15, 0.2) is 6.40 Å². The number of rotatable bonds is 3. The lowest BCUT2D eigenvalue weighted by Crippen LogP contribution is -1.98. The molecule has 0 aromatic carbocycles. The summed E-state index contributed by atoms with van der Waals surface area (Å²) in [4.78, 5) is 20.0. The van der Waals surface area contributed by atoms with Crippen molar-refractivity contribution >= 4 is 18.3 Å². The van der Waals surface area contributed by atoms with Crippen LogP contribution in [0.1, 0.15) is 0 Å². The Labute approximate surface area is 56.4 Å². The summed E-state index contributed by atoms with van der Waals surface area (Å²) in [6.45, 7) is 0. The van der Waals surface area contributed by atoms with Crippen LogP contribution in [0.5, 0.6) is 0 Å². The van der Waals surface area contributed by atoms with E-state index in [0.29, 0.717) is 18.6 Å². The van der Waals surface area contributed by atoms with Gasteiger partial charge in [-0.3, -0.25) is 5.41 Å². The van der Waals surface area contributed by atoms with Crippen LogP contribution in [0.15, 0.2) is 12.2 Å². The summed E-state index contributed by atoms with van der Waals surface area (Å²) in [6.07, 6.45) is 1.77. The van der Waals surface area contributed by atoms with Gasteiger partial charge >= 0.3 is 11.9 Å². The molecule has 0 saturated heterocycles. The van der Waals surface area contributed by atoms with Gasteiger partial charge in [-0.05, 0) is 0 Å². The summed E-state index contributed by atoms with van der Waals surface area (Å²) in [5, 5.41) is 14.2. The van der Waals surface area contributed by atoms with Crippen LogP contribution in [-0.4, -0.2) is 23.4 Å². The number of esters is 1. The minimum atomic E-state index is -1.23. The SMILES string of the molecule is N=COC(=O)/C=C/C(=O)O. The Morgan fingerprint density at radius 1 is 1.40 bits per heavy atom. The van der Waals surface area contributed by atoms with E-state index >= 15 is 0 Å². The van der Waals surface area contributed by atoms with Gasteiger partial charge in [-0.1, -0.05) is 0 Å². The fraction of sp³-hybridized carbons (Fsp3) is 0. The van der Waals surface area contributed by atoms with Crippen LogP contribution in [0.25, 0.3) is 0 Å². The Bertz CT molecular complexity index is 184. The fourth-order valence-corrected chi connectivity index (χ4v) is 0.237. The smallest absolute Gasteiger partial charge is 0.337 e. The molecule has 0 saturated carbocycles. The third kappa shape index (κ3) is 4.51. The van der Waals surface area contributed by atoms with Crippen LogP contribution in [0, 0.1) is 5.41 Å². The zero-order valence-corrected chi connectivity index (χ0v) is 4.90. The highest BCUT2D eigenvalue weighted by atomic mass is 16.5. The van der Waals surface area contributed by atoms with E-state index < -0.39 is 11.9 Å². The first kappa shape index (κ1) is 8.35. The number of carbonyl (C=O) groups is 2. The molecule has 10 heavy (non-hydrogen) atoms. The minimum absolute atomic E-state index is 0.425. The number of aliphatic carboxylic acids is 1. The number of carboxylic acid groups (broad SMARTS) is 1. The summed E-state index contributed by atoms with van der Waals surface area (Å²) < 4.78 is 3.94. The first-order valence-electron chi connectivity index (χ1n) is 2.27. The van der Waals surface area contributed by atoms with Crippen molar-refractivity contribution in [1.82, 2.24) is 0 Å². The summed E-state index contributed by atoms with van der Waals surface area (Å²) in [6, 6.07) is 0. The average Bonchev–Trinajstić information content (AvgIpc) is 1.85. The third-order valence-corrected chi connectivity index (χ3v) is 0.537. The molecular formula is C5H5NO4. The molecular weight excluding hydrogens is 138 g/mol. The maximum Gasteiger partial charge on any atom is 0.337 e. The van der Waals surface area contributed by atoms with Crippen LogP contribution in [0.4, 0.5) is 0 Å². The molecule has 5 nitrogen and oxygen atoms in total. The molecule has 0 amide bonds. The maximum atomic E-state index is 10.2. The number of hydrogen-bond donors (Lipinski definition) is 2. The van der Waals surface area contributed by atoms with Crippen LogP contribution in [0.3, 0.4) is 0 Å². The van der Waals surface area contributed by atoms with E-state index in [1.165, 1.54) is 0 Å². The van der Waals surface area contributed by atoms with Crippen molar-refractivity contribution in [3.8, 4) is 0 Å². The minimum Gasteiger partial charge on any atom is -0.478 e. The first-order valence-corrected chi connectivity index (χ1v) is 2.27. The number of nitrogens with one attached hydrogen (secondary N) is 1. The standard InChI is InChI=1S/C5H5NO4/c6-3-10-5(9)2-1-4(7)8/h1-3,6H,(H,7,8)/b2-1+,6-3?. The second-order valence-corrected chi connectivity index (χ2v) is 1.23. The molecule has 0 atom stereocenters. The van der Waals surface area contributed by atoms with Crippen molar-refractivity contribution in [3.63, 3.8) is 0 Å². The Kier molecular flexibility index (Phi) is 3.55. The third-order valence-electron chi connectivity index (χ3n) is 0.537. The van der Waals surface area contributed by atoms with E-state index in [2.05, 4.69) is 4.74 Å². The Hall–Kier alpha value is -1.65. The van der Waals surface area contributed by atoms with Gasteiger partial charge in [0.1, 0.15) is 0 Å². The van der Waals surface area contributed by atoms with Gasteiger partial charge in [-0.15, -0.1) is 0 Å². The lowest BCUT2D eigenvalue weighted by Gasteiger charge is -1.85. The number of carboxylic acids is 1. The maximum absolute atomic E-state index is 10.2. The second-order valence-electron chi connectivity index (χ2n) is 1.23. The molecule has 0 spiro atoms. The highest BCUT2D eigenvalue weighted by molar-refractivity contribution is 5.93. The van der Waals surface area contributed by atoms with Crippen LogP contribution < -0.4 is 0 Å². The summed E-state index contributed by atoms with van der Waals surface area (Å²) in [5.41, 5.74) is 0. The molecule has 0 aliphatic rings. The molecule has 2 N–H and O–H groups in total. The van der Waals surface area contributed by atoms with E-state index in [9.17, 15) is 9.59 Å². The zero-order valence-electron chi connectivity index (χ0n) is 4.90. The Morgan fingerprint density at radius 3 is 2.40 bits per heavy atom. The Balaban J connectivity index is 3.77. The molecule has 0 unspecified atom stereocenters. The molecule has 0 aliphatic carbocycles. The largest absolute Gasteiger partial charge is 0.478 e. The number of hydrogen-bond acceptors (Lipinski definition) is 4. The molecule has 0 aliphatic heterocycles. The molecule has 0 aromatic rings. The average molecular weight is 143 g/mol. The number of ether oxygens (including phenoxy) is 1. The molecule has 0 bridgehead atoms. The lowest BCUT2D eigenvalue weighted by atomic mass is 10.5. The van der Waals surface area contributed by atoms with Crippen LogP contribution in [0.2, 0.25) is 0 Å². The normalized spacial score (nSPS) is 9.20. The van der Waals surface area contributed by atoms with Crippen molar-refractivity contribution in [2.24, 2.45) is 0 Å². The van der Waals surface area contributed by atoms with Crippen molar-refractivity contribution in [1.29, 1.82) is 5.41 Å². The van der Waals surface area contributed by atoms with Crippen molar-refractivity contribution in [2.45, 2.75) is 0 Å². The summed E-state index contributed by atoms with van der Waals surface area (Å²) in [7, 11) is 0. The first-order chi connectivity index (χ1) is 4.66. The fourth-order valence-electron chi connectivity index (χ4n) is 0.237. The molecule has 5 heteroatoms. The summed E-state index contributed by atoms with van der Waals surface area (Å²) >= 11 is 0. The van der Waals surface area contributed by atoms with E-state index in [-0.39, 0.29) is 0 Å². The highest BCUT2D eigenvalue weighted by Gasteiger charge is 1.93. The topological polar surface area (TPSA) is 87.5 Å². The van der Waals surface area contributed by atoms with E-state index in [1.54, 1.807) is 0 Å². The number of carbonyl (C=O) groups excluding carboxylic acids is 1. The predicted molar refractivity (Wildman–Crippen MR) is 31.7 cm³/mol. The molecule has 0 fully saturated rings. The van der Waals surface area contributed by atoms with Gasteiger partial charge in [0, 0.05) is 12.2 Å². The predicted octanol–water partition coefficient (Wildman–Crippen LogP) is -0.223. The second kappa shape index (κ2) is 4.25. The van der Waals surface area contributed by atoms with Gasteiger partial charge in [0.25, 0.3) is 0 Å². The van der Waals surface area contributed by atoms with Crippen LogP contribution >= 0.6 is 0 Å². The van der Waals surface area contributed by atoms with Crippen molar-refractivity contribution < 1.29 is 19.4 Å². The zero-order chi connectivity index (χ0) is 7.98. The summed E-state index contributed by atoms with van der Waals surface area (Å²) in [5.74, 6) is -2.11. The molecule has 0 aromatic heterocycles. The van der Waals surface area contributed by atoms with E-state index in [1.807, 2.05) is 0 Å². The molecule has 0 rings (SSSR count). The van der Waals surface area contributed by atoms with E-state index in [0.717, 1.165) is 0 Å². The molecule has 0 heterocycles.